The summed E-state index contributed by atoms with van der Waals surface area (Å²) in [6.07, 6.45) is 2.34. The molecule has 1 aromatic rings. The van der Waals surface area contributed by atoms with Gasteiger partial charge in [0.05, 0.1) is 9.95 Å². The minimum Gasteiger partial charge on any atom is -0.355 e. The van der Waals surface area contributed by atoms with Crippen molar-refractivity contribution in [1.29, 1.82) is 0 Å². The summed E-state index contributed by atoms with van der Waals surface area (Å²) in [5, 5.41) is 14.1. The van der Waals surface area contributed by atoms with E-state index in [1.165, 1.54) is 12.3 Å². The van der Waals surface area contributed by atoms with Gasteiger partial charge in [0.15, 0.2) is 0 Å². The van der Waals surface area contributed by atoms with Gasteiger partial charge in [-0.2, -0.15) is 0 Å². The molecule has 0 saturated carbocycles. The maximum atomic E-state index is 10.6. The molecule has 1 aliphatic heterocycles. The first kappa shape index (κ1) is 13.0. The molecule has 0 radical (unpaired) electrons. The SMILES string of the molecule is CNCC1CCN(c2ncc([N+](=O)[O-])cc2Cl)C1. The molecule has 0 aliphatic carbocycles. The van der Waals surface area contributed by atoms with Gasteiger partial charge in [-0.3, -0.25) is 10.1 Å². The molecule has 0 spiro atoms. The number of nitrogens with one attached hydrogen (secondary N) is 1. The fourth-order valence-electron chi connectivity index (χ4n) is 2.23. The largest absolute Gasteiger partial charge is 0.355 e. The van der Waals surface area contributed by atoms with Gasteiger partial charge in [-0.25, -0.2) is 4.98 Å². The van der Waals surface area contributed by atoms with Crippen LogP contribution in [0.5, 0.6) is 0 Å². The summed E-state index contributed by atoms with van der Waals surface area (Å²) in [5.41, 5.74) is -0.0743. The van der Waals surface area contributed by atoms with Crippen LogP contribution in [0.4, 0.5) is 11.5 Å². The highest BCUT2D eigenvalue weighted by molar-refractivity contribution is 6.33. The first-order chi connectivity index (χ1) is 8.61. The van der Waals surface area contributed by atoms with Crippen LogP contribution in [-0.2, 0) is 0 Å². The second kappa shape index (κ2) is 5.49. The van der Waals surface area contributed by atoms with Gasteiger partial charge in [0, 0.05) is 19.2 Å². The number of nitrogens with zero attached hydrogens (tertiary/aromatic N) is 3. The van der Waals surface area contributed by atoms with E-state index in [9.17, 15) is 10.1 Å². The Balaban J connectivity index is 2.12. The lowest BCUT2D eigenvalue weighted by Crippen LogP contribution is -2.25. The van der Waals surface area contributed by atoms with E-state index in [1.54, 1.807) is 0 Å². The topological polar surface area (TPSA) is 71.3 Å². The molecule has 1 N–H and O–H groups in total. The van der Waals surface area contributed by atoms with Gasteiger partial charge in [-0.1, -0.05) is 11.6 Å². The number of anilines is 1. The van der Waals surface area contributed by atoms with E-state index in [1.807, 2.05) is 7.05 Å². The average Bonchev–Trinajstić information content (AvgIpc) is 2.77. The van der Waals surface area contributed by atoms with Crippen molar-refractivity contribution in [2.75, 3.05) is 31.6 Å². The van der Waals surface area contributed by atoms with E-state index in [4.69, 9.17) is 11.6 Å². The highest BCUT2D eigenvalue weighted by Crippen LogP contribution is 2.30. The normalized spacial score (nSPS) is 19.2. The van der Waals surface area contributed by atoms with Gasteiger partial charge in [0.1, 0.15) is 12.0 Å². The summed E-state index contributed by atoms with van der Waals surface area (Å²) in [4.78, 5) is 16.3. The highest BCUT2D eigenvalue weighted by Gasteiger charge is 2.25. The van der Waals surface area contributed by atoms with Gasteiger partial charge >= 0.3 is 0 Å². The lowest BCUT2D eigenvalue weighted by atomic mass is 10.1. The Morgan fingerprint density at radius 2 is 2.50 bits per heavy atom. The van der Waals surface area contributed by atoms with Crippen LogP contribution in [-0.4, -0.2) is 36.6 Å². The van der Waals surface area contributed by atoms with Crippen molar-refractivity contribution in [3.05, 3.63) is 27.4 Å². The van der Waals surface area contributed by atoms with Crippen molar-refractivity contribution in [1.82, 2.24) is 10.3 Å². The van der Waals surface area contributed by atoms with Crippen molar-refractivity contribution in [2.24, 2.45) is 5.92 Å². The monoisotopic (exact) mass is 270 g/mol. The Kier molecular flexibility index (Phi) is 3.98. The van der Waals surface area contributed by atoms with E-state index in [-0.39, 0.29) is 5.69 Å². The van der Waals surface area contributed by atoms with Gasteiger partial charge in [0.25, 0.3) is 5.69 Å². The minimum absolute atomic E-state index is 0.0743. The summed E-state index contributed by atoms with van der Waals surface area (Å²) in [7, 11) is 1.93. The maximum absolute atomic E-state index is 10.6. The van der Waals surface area contributed by atoms with Crippen LogP contribution in [0.1, 0.15) is 6.42 Å². The summed E-state index contributed by atoms with van der Waals surface area (Å²) in [6.45, 7) is 2.73. The van der Waals surface area contributed by atoms with E-state index in [2.05, 4.69) is 15.2 Å². The van der Waals surface area contributed by atoms with Crippen molar-refractivity contribution in [2.45, 2.75) is 6.42 Å². The molecule has 1 aromatic heterocycles. The molecule has 1 fully saturated rings. The zero-order chi connectivity index (χ0) is 13.1. The summed E-state index contributed by atoms with van der Waals surface area (Å²) < 4.78 is 0. The maximum Gasteiger partial charge on any atom is 0.289 e. The third-order valence-electron chi connectivity index (χ3n) is 3.10. The van der Waals surface area contributed by atoms with Crippen LogP contribution < -0.4 is 10.2 Å². The van der Waals surface area contributed by atoms with Crippen LogP contribution in [0.15, 0.2) is 12.3 Å². The van der Waals surface area contributed by atoms with Crippen LogP contribution in [0, 0.1) is 16.0 Å². The second-order valence-corrected chi connectivity index (χ2v) is 4.82. The van der Waals surface area contributed by atoms with Crippen LogP contribution in [0.2, 0.25) is 5.02 Å². The van der Waals surface area contributed by atoms with Crippen molar-refractivity contribution >= 4 is 23.1 Å². The van der Waals surface area contributed by atoms with Gasteiger partial charge < -0.3 is 10.2 Å². The second-order valence-electron chi connectivity index (χ2n) is 4.41. The third kappa shape index (κ3) is 2.70. The van der Waals surface area contributed by atoms with E-state index < -0.39 is 4.92 Å². The fraction of sp³-hybridized carbons (Fsp3) is 0.545. The summed E-state index contributed by atoms with van der Waals surface area (Å²) >= 11 is 6.05. The quantitative estimate of drug-likeness (QED) is 0.666. The summed E-state index contributed by atoms with van der Waals surface area (Å²) in [5.74, 6) is 1.21. The Morgan fingerprint density at radius 1 is 1.72 bits per heavy atom. The lowest BCUT2D eigenvalue weighted by Gasteiger charge is -2.18. The molecular formula is C11H15ClN4O2. The highest BCUT2D eigenvalue weighted by atomic mass is 35.5. The Bertz CT molecular complexity index is 455. The standard InChI is InChI=1S/C11H15ClN4O2/c1-13-5-8-2-3-15(7-8)11-10(12)4-9(6-14-11)16(17)18/h4,6,8,13H,2-3,5,7H2,1H3. The predicted molar refractivity (Wildman–Crippen MR) is 70.1 cm³/mol. The molecule has 1 aliphatic rings. The molecule has 1 saturated heterocycles. The molecule has 6 nitrogen and oxygen atoms in total. The number of nitro groups is 1. The number of pyridine rings is 1. The van der Waals surface area contributed by atoms with Crippen molar-refractivity contribution in [3.63, 3.8) is 0 Å². The lowest BCUT2D eigenvalue weighted by molar-refractivity contribution is -0.385. The summed E-state index contributed by atoms with van der Waals surface area (Å²) in [6, 6.07) is 1.36. The molecule has 1 atom stereocenters. The number of hydrogen-bond donors (Lipinski definition) is 1. The molecule has 0 amide bonds. The molecule has 0 aromatic carbocycles. The molecule has 0 bridgehead atoms. The van der Waals surface area contributed by atoms with Crippen LogP contribution >= 0.6 is 11.6 Å². The van der Waals surface area contributed by atoms with Gasteiger partial charge in [0.2, 0.25) is 0 Å². The molecule has 98 valence electrons. The molecule has 2 heterocycles. The van der Waals surface area contributed by atoms with Gasteiger partial charge in [-0.05, 0) is 25.9 Å². The Morgan fingerprint density at radius 3 is 3.11 bits per heavy atom. The van der Waals surface area contributed by atoms with Crippen LogP contribution in [0.3, 0.4) is 0 Å². The zero-order valence-electron chi connectivity index (χ0n) is 10.1. The average molecular weight is 271 g/mol. The number of rotatable bonds is 4. The van der Waals surface area contributed by atoms with Gasteiger partial charge in [-0.15, -0.1) is 0 Å². The molecular weight excluding hydrogens is 256 g/mol. The Hall–Kier alpha value is -1.40. The fourth-order valence-corrected chi connectivity index (χ4v) is 2.51. The first-order valence-electron chi connectivity index (χ1n) is 5.81. The minimum atomic E-state index is -0.490. The van der Waals surface area contributed by atoms with E-state index >= 15 is 0 Å². The molecule has 18 heavy (non-hydrogen) atoms. The predicted octanol–water partition coefficient (Wildman–Crippen LogP) is 1.69. The zero-order valence-corrected chi connectivity index (χ0v) is 10.9. The smallest absolute Gasteiger partial charge is 0.289 e. The van der Waals surface area contributed by atoms with E-state index in [0.717, 1.165) is 26.1 Å². The number of halogens is 1. The number of aromatic nitrogens is 1. The van der Waals surface area contributed by atoms with Crippen molar-refractivity contribution in [3.8, 4) is 0 Å². The Labute approximate surface area is 110 Å². The van der Waals surface area contributed by atoms with Crippen LogP contribution in [0.25, 0.3) is 0 Å². The molecule has 2 rings (SSSR count). The third-order valence-corrected chi connectivity index (χ3v) is 3.37. The number of hydrogen-bond acceptors (Lipinski definition) is 5. The first-order valence-corrected chi connectivity index (χ1v) is 6.19. The van der Waals surface area contributed by atoms with E-state index in [0.29, 0.717) is 16.8 Å². The molecule has 1 unspecified atom stereocenters. The molecule has 7 heteroatoms. The van der Waals surface area contributed by atoms with Crippen molar-refractivity contribution < 1.29 is 4.92 Å².